The molecule has 0 aliphatic rings. The van der Waals surface area contributed by atoms with E-state index < -0.39 is 11.6 Å². The first-order valence-electron chi connectivity index (χ1n) is 5.84. The molecule has 0 heterocycles. The molecule has 0 aromatic heterocycles. The highest BCUT2D eigenvalue weighted by atomic mass is 32.2. The summed E-state index contributed by atoms with van der Waals surface area (Å²) in [5.74, 6) is 0.0370. The van der Waals surface area contributed by atoms with Gasteiger partial charge in [0.1, 0.15) is 23.7 Å². The van der Waals surface area contributed by atoms with Crippen molar-refractivity contribution < 1.29 is 18.3 Å². The van der Waals surface area contributed by atoms with E-state index in [-0.39, 0.29) is 4.90 Å². The van der Waals surface area contributed by atoms with Crippen LogP contribution < -0.4 is 4.74 Å². The Bertz CT molecular complexity index is 629. The van der Waals surface area contributed by atoms with Gasteiger partial charge in [0.25, 0.3) is 0 Å². The van der Waals surface area contributed by atoms with Gasteiger partial charge in [-0.3, -0.25) is 4.79 Å². The second kappa shape index (κ2) is 6.52. The average molecular weight is 294 g/mol. The van der Waals surface area contributed by atoms with Gasteiger partial charge >= 0.3 is 0 Å². The Morgan fingerprint density at radius 1 is 1.20 bits per heavy atom. The predicted molar refractivity (Wildman–Crippen MR) is 74.3 cm³/mol. The van der Waals surface area contributed by atoms with Gasteiger partial charge < -0.3 is 4.74 Å². The Labute approximate surface area is 119 Å². The number of ether oxygens (including phenoxy) is 1. The predicted octanol–water partition coefficient (Wildman–Crippen LogP) is 4.08. The topological polar surface area (TPSA) is 26.3 Å². The summed E-state index contributed by atoms with van der Waals surface area (Å²) >= 11 is 1.15. The fraction of sp³-hybridized carbons (Fsp3) is 0.133. The molecule has 104 valence electrons. The number of methoxy groups -OCH3 is 1. The molecule has 0 spiro atoms. The van der Waals surface area contributed by atoms with Crippen LogP contribution in [0, 0.1) is 11.6 Å². The molecule has 0 bridgehead atoms. The molecule has 0 radical (unpaired) electrons. The summed E-state index contributed by atoms with van der Waals surface area (Å²) in [5, 5.41) is 0. The van der Waals surface area contributed by atoms with E-state index in [1.807, 2.05) is 0 Å². The van der Waals surface area contributed by atoms with Crippen LogP contribution in [0.4, 0.5) is 8.78 Å². The van der Waals surface area contributed by atoms with Gasteiger partial charge in [0, 0.05) is 21.8 Å². The largest absolute Gasteiger partial charge is 0.496 e. The molecule has 0 fully saturated rings. The van der Waals surface area contributed by atoms with E-state index in [2.05, 4.69) is 0 Å². The minimum Gasteiger partial charge on any atom is -0.496 e. The summed E-state index contributed by atoms with van der Waals surface area (Å²) < 4.78 is 31.8. The number of carbonyl (C=O) groups excluding carboxylic acids is 1. The molecule has 2 nitrogen and oxygen atoms in total. The molecule has 20 heavy (non-hydrogen) atoms. The molecule has 0 unspecified atom stereocenters. The maximum absolute atomic E-state index is 13.5. The van der Waals surface area contributed by atoms with E-state index in [9.17, 15) is 13.6 Å². The first-order valence-corrected chi connectivity index (χ1v) is 6.82. The lowest BCUT2D eigenvalue weighted by Crippen LogP contribution is -1.93. The number of carbonyl (C=O) groups is 1. The lowest BCUT2D eigenvalue weighted by Gasteiger charge is -2.09. The Kier molecular flexibility index (Phi) is 4.74. The molecular weight excluding hydrogens is 282 g/mol. The average Bonchev–Trinajstić information content (AvgIpc) is 2.47. The number of benzene rings is 2. The van der Waals surface area contributed by atoms with E-state index in [4.69, 9.17) is 4.74 Å². The Morgan fingerprint density at radius 2 is 2.00 bits per heavy atom. The third kappa shape index (κ3) is 3.36. The fourth-order valence-corrected chi connectivity index (χ4v) is 2.67. The van der Waals surface area contributed by atoms with Gasteiger partial charge in [-0.2, -0.15) is 0 Å². The lowest BCUT2D eigenvalue weighted by atomic mass is 10.1. The normalized spacial score (nSPS) is 10.3. The van der Waals surface area contributed by atoms with Crippen molar-refractivity contribution >= 4 is 18.0 Å². The maximum atomic E-state index is 13.5. The summed E-state index contributed by atoms with van der Waals surface area (Å²) in [7, 11) is 1.52. The maximum Gasteiger partial charge on any atom is 0.150 e. The molecule has 2 aromatic carbocycles. The highest BCUT2D eigenvalue weighted by molar-refractivity contribution is 7.98. The van der Waals surface area contributed by atoms with Gasteiger partial charge in [-0.05, 0) is 36.4 Å². The molecular formula is C15H12F2O2S. The van der Waals surface area contributed by atoms with Gasteiger partial charge in [0.2, 0.25) is 0 Å². The van der Waals surface area contributed by atoms with Crippen LogP contribution in [0.25, 0.3) is 0 Å². The van der Waals surface area contributed by atoms with Crippen molar-refractivity contribution in [1.29, 1.82) is 0 Å². The number of hydrogen-bond donors (Lipinski definition) is 0. The molecule has 0 saturated heterocycles. The van der Waals surface area contributed by atoms with Gasteiger partial charge in [-0.25, -0.2) is 8.78 Å². The smallest absolute Gasteiger partial charge is 0.150 e. The zero-order valence-corrected chi connectivity index (χ0v) is 11.5. The van der Waals surface area contributed by atoms with Crippen molar-refractivity contribution in [2.45, 2.75) is 10.6 Å². The zero-order chi connectivity index (χ0) is 14.5. The van der Waals surface area contributed by atoms with Gasteiger partial charge in [0.05, 0.1) is 7.11 Å². The van der Waals surface area contributed by atoms with Crippen molar-refractivity contribution in [3.8, 4) is 5.75 Å². The number of thioether (sulfide) groups is 1. The van der Waals surface area contributed by atoms with Crippen molar-refractivity contribution in [1.82, 2.24) is 0 Å². The first kappa shape index (κ1) is 14.5. The first-order chi connectivity index (χ1) is 9.63. The summed E-state index contributed by atoms with van der Waals surface area (Å²) in [4.78, 5) is 11.0. The summed E-state index contributed by atoms with van der Waals surface area (Å²) in [6.07, 6.45) is 0.733. The van der Waals surface area contributed by atoms with Crippen LogP contribution >= 0.6 is 11.8 Å². The van der Waals surface area contributed by atoms with E-state index in [1.165, 1.54) is 7.11 Å². The minimum atomic E-state index is -0.484. The van der Waals surface area contributed by atoms with Crippen LogP contribution in [-0.2, 0) is 5.75 Å². The molecule has 0 aliphatic heterocycles. The molecule has 0 saturated carbocycles. The number of hydrogen-bond acceptors (Lipinski definition) is 3. The van der Waals surface area contributed by atoms with Gasteiger partial charge in [-0.1, -0.05) is 0 Å². The number of aldehydes is 1. The third-order valence-electron chi connectivity index (χ3n) is 2.72. The van der Waals surface area contributed by atoms with Crippen LogP contribution in [0.15, 0.2) is 41.3 Å². The standard InChI is InChI=1S/C15H12F2O2S/c1-19-14-5-2-10(8-18)6-11(14)9-20-15-7-12(16)3-4-13(15)17/h2-8H,9H2,1H3. The second-order valence-electron chi connectivity index (χ2n) is 4.05. The number of halogens is 2. The highest BCUT2D eigenvalue weighted by Crippen LogP contribution is 2.30. The highest BCUT2D eigenvalue weighted by Gasteiger charge is 2.09. The quantitative estimate of drug-likeness (QED) is 0.614. The second-order valence-corrected chi connectivity index (χ2v) is 5.07. The Balaban J connectivity index is 2.21. The van der Waals surface area contributed by atoms with Crippen LogP contribution in [0.2, 0.25) is 0 Å². The van der Waals surface area contributed by atoms with Gasteiger partial charge in [-0.15, -0.1) is 11.8 Å². The third-order valence-corrected chi connectivity index (χ3v) is 3.80. The van der Waals surface area contributed by atoms with Crippen molar-refractivity contribution in [3.05, 3.63) is 59.2 Å². The molecule has 2 rings (SSSR count). The molecule has 0 N–H and O–H groups in total. The van der Waals surface area contributed by atoms with Crippen molar-refractivity contribution in [2.75, 3.05) is 7.11 Å². The van der Waals surface area contributed by atoms with Crippen LogP contribution in [0.5, 0.6) is 5.75 Å². The Morgan fingerprint density at radius 3 is 2.70 bits per heavy atom. The summed E-state index contributed by atoms with van der Waals surface area (Å²) in [6, 6.07) is 8.32. The lowest BCUT2D eigenvalue weighted by molar-refractivity contribution is 0.112. The summed E-state index contributed by atoms with van der Waals surface area (Å²) in [6.45, 7) is 0. The Hall–Kier alpha value is -1.88. The molecule has 0 atom stereocenters. The monoisotopic (exact) mass is 294 g/mol. The molecule has 2 aromatic rings. The van der Waals surface area contributed by atoms with E-state index in [1.54, 1.807) is 18.2 Å². The van der Waals surface area contributed by atoms with Crippen molar-refractivity contribution in [2.24, 2.45) is 0 Å². The van der Waals surface area contributed by atoms with Crippen LogP contribution in [0.1, 0.15) is 15.9 Å². The van der Waals surface area contributed by atoms with Crippen LogP contribution in [0.3, 0.4) is 0 Å². The number of rotatable bonds is 5. The summed E-state index contributed by atoms with van der Waals surface area (Å²) in [5.41, 5.74) is 1.27. The fourth-order valence-electron chi connectivity index (χ4n) is 1.73. The minimum absolute atomic E-state index is 0.226. The van der Waals surface area contributed by atoms with Gasteiger partial charge in [0.15, 0.2) is 0 Å². The molecule has 5 heteroatoms. The van der Waals surface area contributed by atoms with Crippen LogP contribution in [-0.4, -0.2) is 13.4 Å². The molecule has 0 amide bonds. The van der Waals surface area contributed by atoms with Crippen molar-refractivity contribution in [3.63, 3.8) is 0 Å². The van der Waals surface area contributed by atoms with E-state index in [0.717, 1.165) is 41.8 Å². The molecule has 0 aliphatic carbocycles. The van der Waals surface area contributed by atoms with E-state index >= 15 is 0 Å². The van der Waals surface area contributed by atoms with E-state index in [0.29, 0.717) is 17.1 Å². The SMILES string of the molecule is COc1ccc(C=O)cc1CSc1cc(F)ccc1F. The zero-order valence-electron chi connectivity index (χ0n) is 10.7.